The molecular weight excluding hydrogens is 294 g/mol. The summed E-state index contributed by atoms with van der Waals surface area (Å²) in [5, 5.41) is 6.91. The fourth-order valence-electron chi connectivity index (χ4n) is 2.04. The number of aromatic nitrogens is 5. The number of hydrogen-bond acceptors (Lipinski definition) is 4. The van der Waals surface area contributed by atoms with Crippen LogP contribution in [0.3, 0.4) is 0 Å². The molecule has 8 heteroatoms. The standard InChI is InChI=1S/C13H12ClN5O2/c1-21-11-3-2-9(6-10(11)14)19-12(16-17-13(19)20)7-18-5-4-15-8-18/h2-6,8H,7H2,1H3,(H,17,20). The van der Waals surface area contributed by atoms with E-state index < -0.39 is 0 Å². The first-order chi connectivity index (χ1) is 10.2. The molecule has 0 aliphatic heterocycles. The lowest BCUT2D eigenvalue weighted by Crippen LogP contribution is -2.18. The third kappa shape index (κ3) is 2.55. The molecule has 3 rings (SSSR count). The van der Waals surface area contributed by atoms with Gasteiger partial charge in [0.1, 0.15) is 5.75 Å². The number of nitrogens with zero attached hydrogens (tertiary/aromatic N) is 4. The minimum absolute atomic E-state index is 0.327. The van der Waals surface area contributed by atoms with E-state index in [-0.39, 0.29) is 5.69 Å². The monoisotopic (exact) mass is 305 g/mol. The number of imidazole rings is 1. The number of rotatable bonds is 4. The fraction of sp³-hybridized carbons (Fsp3) is 0.154. The quantitative estimate of drug-likeness (QED) is 0.792. The van der Waals surface area contributed by atoms with Crippen molar-refractivity contribution in [1.29, 1.82) is 0 Å². The van der Waals surface area contributed by atoms with Crippen molar-refractivity contribution >= 4 is 11.6 Å². The van der Waals surface area contributed by atoms with Crippen LogP contribution in [-0.4, -0.2) is 31.4 Å². The molecule has 0 spiro atoms. The van der Waals surface area contributed by atoms with Gasteiger partial charge in [-0.15, -0.1) is 0 Å². The SMILES string of the molecule is COc1ccc(-n2c(Cn3ccnc3)n[nH]c2=O)cc1Cl. The van der Waals surface area contributed by atoms with Crippen LogP contribution in [0.25, 0.3) is 5.69 Å². The van der Waals surface area contributed by atoms with Crippen molar-refractivity contribution in [3.05, 3.63) is 58.3 Å². The maximum absolute atomic E-state index is 12.0. The van der Waals surface area contributed by atoms with Crippen molar-refractivity contribution in [1.82, 2.24) is 24.3 Å². The molecular formula is C13H12ClN5O2. The Labute approximate surface area is 124 Å². The summed E-state index contributed by atoms with van der Waals surface area (Å²) in [7, 11) is 1.54. The Bertz CT molecular complexity index is 806. The number of benzene rings is 1. The molecule has 1 N–H and O–H groups in total. The van der Waals surface area contributed by atoms with E-state index in [1.165, 1.54) is 11.7 Å². The van der Waals surface area contributed by atoms with Gasteiger partial charge in [-0.25, -0.2) is 19.4 Å². The van der Waals surface area contributed by atoms with Gasteiger partial charge in [0.15, 0.2) is 5.82 Å². The van der Waals surface area contributed by atoms with Crippen LogP contribution in [0.4, 0.5) is 0 Å². The molecule has 2 aromatic heterocycles. The summed E-state index contributed by atoms with van der Waals surface area (Å²) in [4.78, 5) is 15.9. The summed E-state index contributed by atoms with van der Waals surface area (Å²) in [6.07, 6.45) is 5.12. The van der Waals surface area contributed by atoms with E-state index in [1.807, 2.05) is 4.57 Å². The van der Waals surface area contributed by atoms with Gasteiger partial charge in [0.2, 0.25) is 0 Å². The van der Waals surface area contributed by atoms with E-state index >= 15 is 0 Å². The molecule has 108 valence electrons. The lowest BCUT2D eigenvalue weighted by molar-refractivity contribution is 0.415. The van der Waals surface area contributed by atoms with Gasteiger partial charge in [-0.05, 0) is 18.2 Å². The van der Waals surface area contributed by atoms with Gasteiger partial charge in [0.25, 0.3) is 0 Å². The first-order valence-corrected chi connectivity index (χ1v) is 6.53. The highest BCUT2D eigenvalue weighted by molar-refractivity contribution is 6.32. The first kappa shape index (κ1) is 13.4. The fourth-order valence-corrected chi connectivity index (χ4v) is 2.29. The lowest BCUT2D eigenvalue weighted by Gasteiger charge is -2.08. The Morgan fingerprint density at radius 3 is 2.95 bits per heavy atom. The van der Waals surface area contributed by atoms with E-state index in [4.69, 9.17) is 16.3 Å². The molecule has 2 heterocycles. The summed E-state index contributed by atoms with van der Waals surface area (Å²) in [6, 6.07) is 5.12. The molecule has 0 unspecified atom stereocenters. The van der Waals surface area contributed by atoms with Gasteiger partial charge in [-0.1, -0.05) is 11.6 Å². The number of methoxy groups -OCH3 is 1. The molecule has 0 bridgehead atoms. The Hall–Kier alpha value is -2.54. The van der Waals surface area contributed by atoms with Crippen molar-refractivity contribution in [3.8, 4) is 11.4 Å². The van der Waals surface area contributed by atoms with E-state index in [2.05, 4.69) is 15.2 Å². The minimum atomic E-state index is -0.327. The third-order valence-electron chi connectivity index (χ3n) is 3.02. The maximum atomic E-state index is 12.0. The predicted octanol–water partition coefficient (Wildman–Crippen LogP) is 1.47. The zero-order valence-corrected chi connectivity index (χ0v) is 11.9. The highest BCUT2D eigenvalue weighted by atomic mass is 35.5. The van der Waals surface area contributed by atoms with E-state index in [9.17, 15) is 4.79 Å². The molecule has 0 aliphatic rings. The summed E-state index contributed by atoms with van der Waals surface area (Å²) in [5.41, 5.74) is 0.293. The zero-order valence-electron chi connectivity index (χ0n) is 11.2. The van der Waals surface area contributed by atoms with Gasteiger partial charge >= 0.3 is 5.69 Å². The number of ether oxygens (including phenoxy) is 1. The molecule has 0 amide bonds. The van der Waals surface area contributed by atoms with Crippen LogP contribution in [0.2, 0.25) is 5.02 Å². The zero-order chi connectivity index (χ0) is 14.8. The van der Waals surface area contributed by atoms with Crippen LogP contribution >= 0.6 is 11.6 Å². The Morgan fingerprint density at radius 1 is 1.43 bits per heavy atom. The van der Waals surface area contributed by atoms with Crippen LogP contribution in [0.5, 0.6) is 5.75 Å². The summed E-state index contributed by atoms with van der Waals surface area (Å²) < 4.78 is 8.39. The van der Waals surface area contributed by atoms with Crippen LogP contribution < -0.4 is 10.4 Å². The smallest absolute Gasteiger partial charge is 0.347 e. The third-order valence-corrected chi connectivity index (χ3v) is 3.31. The Balaban J connectivity index is 2.04. The Morgan fingerprint density at radius 2 is 2.29 bits per heavy atom. The van der Waals surface area contributed by atoms with Crippen LogP contribution in [-0.2, 0) is 6.54 Å². The van der Waals surface area contributed by atoms with Crippen molar-refractivity contribution in [3.63, 3.8) is 0 Å². The topological polar surface area (TPSA) is 77.7 Å². The molecule has 1 aromatic carbocycles. The van der Waals surface area contributed by atoms with Gasteiger partial charge in [0.05, 0.1) is 30.7 Å². The second-order valence-electron chi connectivity index (χ2n) is 4.33. The van der Waals surface area contributed by atoms with Crippen LogP contribution in [0, 0.1) is 0 Å². The number of aromatic amines is 1. The van der Waals surface area contributed by atoms with Crippen LogP contribution in [0.1, 0.15) is 5.82 Å². The molecule has 0 fully saturated rings. The maximum Gasteiger partial charge on any atom is 0.347 e. The molecule has 0 radical (unpaired) electrons. The first-order valence-electron chi connectivity index (χ1n) is 6.15. The second kappa shape index (κ2) is 5.45. The molecule has 0 saturated carbocycles. The van der Waals surface area contributed by atoms with Crippen molar-refractivity contribution < 1.29 is 4.74 Å². The molecule has 0 atom stereocenters. The highest BCUT2D eigenvalue weighted by Gasteiger charge is 2.12. The molecule has 3 aromatic rings. The van der Waals surface area contributed by atoms with Crippen molar-refractivity contribution in [2.75, 3.05) is 7.11 Å². The van der Waals surface area contributed by atoms with E-state index in [0.717, 1.165) is 0 Å². The second-order valence-corrected chi connectivity index (χ2v) is 4.74. The van der Waals surface area contributed by atoms with Crippen molar-refractivity contribution in [2.45, 2.75) is 6.54 Å². The molecule has 7 nitrogen and oxygen atoms in total. The number of hydrogen-bond donors (Lipinski definition) is 1. The van der Waals surface area contributed by atoms with E-state index in [1.54, 1.807) is 36.9 Å². The average molecular weight is 306 g/mol. The van der Waals surface area contributed by atoms with Gasteiger partial charge < -0.3 is 9.30 Å². The lowest BCUT2D eigenvalue weighted by atomic mass is 10.3. The molecule has 0 aliphatic carbocycles. The summed E-state index contributed by atoms with van der Waals surface area (Å²) >= 11 is 6.11. The Kier molecular flexibility index (Phi) is 3.49. The van der Waals surface area contributed by atoms with E-state index in [0.29, 0.717) is 28.8 Å². The average Bonchev–Trinajstić information content (AvgIpc) is 3.10. The summed E-state index contributed by atoms with van der Waals surface area (Å²) in [6.45, 7) is 0.419. The summed E-state index contributed by atoms with van der Waals surface area (Å²) in [5.74, 6) is 1.10. The predicted molar refractivity (Wildman–Crippen MR) is 77.1 cm³/mol. The van der Waals surface area contributed by atoms with Gasteiger partial charge in [-0.3, -0.25) is 0 Å². The number of halogens is 1. The molecule has 0 saturated heterocycles. The highest BCUT2D eigenvalue weighted by Crippen LogP contribution is 2.26. The van der Waals surface area contributed by atoms with Crippen LogP contribution in [0.15, 0.2) is 41.7 Å². The number of nitrogens with one attached hydrogen (secondary N) is 1. The minimum Gasteiger partial charge on any atom is -0.495 e. The van der Waals surface area contributed by atoms with Crippen molar-refractivity contribution in [2.24, 2.45) is 0 Å². The normalized spacial score (nSPS) is 10.8. The van der Waals surface area contributed by atoms with Gasteiger partial charge in [-0.2, -0.15) is 5.10 Å². The largest absolute Gasteiger partial charge is 0.495 e. The molecule has 21 heavy (non-hydrogen) atoms. The number of H-pyrrole nitrogens is 1. The van der Waals surface area contributed by atoms with Gasteiger partial charge in [0, 0.05) is 12.4 Å².